The molecular weight excluding hydrogens is 183 g/mol. The lowest BCUT2D eigenvalue weighted by Gasteiger charge is -2.06. The van der Waals surface area contributed by atoms with Gasteiger partial charge in [-0.05, 0) is 43.0 Å². The topological polar surface area (TPSA) is 37.3 Å². The van der Waals surface area contributed by atoms with Crippen molar-refractivity contribution >= 4 is 5.97 Å². The van der Waals surface area contributed by atoms with Crippen LogP contribution in [0.25, 0.3) is 0 Å². The lowest BCUT2D eigenvalue weighted by molar-refractivity contribution is -0.136. The highest BCUT2D eigenvalue weighted by atomic mass is 19.1. The predicted molar refractivity (Wildman–Crippen MR) is 51.8 cm³/mol. The van der Waals surface area contributed by atoms with Crippen LogP contribution in [0.2, 0.25) is 0 Å². The maximum atomic E-state index is 13.0. The molecule has 1 N–H and O–H groups in total. The maximum Gasteiger partial charge on any atom is 0.303 e. The minimum absolute atomic E-state index is 0.0892. The Morgan fingerprint density at radius 2 is 2.00 bits per heavy atom. The standard InChI is InChI=1S/C11H13FO2/c1-7-6-10(12)8(2)5-9(7)3-4-11(13)14/h5-6H,3-4H2,1-2H3,(H,13,14). The fraction of sp³-hybridized carbons (Fsp3) is 0.364. The first-order valence-corrected chi connectivity index (χ1v) is 4.48. The van der Waals surface area contributed by atoms with Crippen LogP contribution in [0.15, 0.2) is 12.1 Å². The maximum absolute atomic E-state index is 13.0. The average Bonchev–Trinajstić information content (AvgIpc) is 2.09. The molecule has 0 heterocycles. The number of hydrogen-bond donors (Lipinski definition) is 1. The third-order valence-corrected chi connectivity index (χ3v) is 2.23. The van der Waals surface area contributed by atoms with Crippen LogP contribution in [0, 0.1) is 19.7 Å². The zero-order valence-corrected chi connectivity index (χ0v) is 8.30. The summed E-state index contributed by atoms with van der Waals surface area (Å²) in [6, 6.07) is 3.17. The number of benzene rings is 1. The van der Waals surface area contributed by atoms with Crippen molar-refractivity contribution in [3.63, 3.8) is 0 Å². The molecule has 0 aliphatic heterocycles. The molecule has 1 rings (SSSR count). The van der Waals surface area contributed by atoms with E-state index >= 15 is 0 Å². The average molecular weight is 196 g/mol. The Balaban J connectivity index is 2.87. The number of aryl methyl sites for hydroxylation is 3. The van der Waals surface area contributed by atoms with E-state index in [0.717, 1.165) is 11.1 Å². The van der Waals surface area contributed by atoms with E-state index in [4.69, 9.17) is 5.11 Å². The van der Waals surface area contributed by atoms with Crippen LogP contribution < -0.4 is 0 Å². The number of carbonyl (C=O) groups is 1. The van der Waals surface area contributed by atoms with E-state index in [1.807, 2.05) is 0 Å². The van der Waals surface area contributed by atoms with E-state index < -0.39 is 5.97 Å². The molecule has 0 aromatic heterocycles. The molecule has 0 radical (unpaired) electrons. The molecule has 0 aliphatic carbocycles. The molecule has 0 spiro atoms. The Labute approximate surface area is 82.4 Å². The highest BCUT2D eigenvalue weighted by Crippen LogP contribution is 2.16. The van der Waals surface area contributed by atoms with Crippen LogP contribution in [0.1, 0.15) is 23.1 Å². The second-order valence-corrected chi connectivity index (χ2v) is 3.42. The number of carboxylic acids is 1. The van der Waals surface area contributed by atoms with Gasteiger partial charge >= 0.3 is 5.97 Å². The number of aliphatic carboxylic acids is 1. The molecule has 0 amide bonds. The molecule has 0 atom stereocenters. The van der Waals surface area contributed by atoms with Gasteiger partial charge in [0, 0.05) is 6.42 Å². The van der Waals surface area contributed by atoms with Crippen molar-refractivity contribution in [1.29, 1.82) is 0 Å². The molecule has 1 aromatic carbocycles. The highest BCUT2D eigenvalue weighted by molar-refractivity contribution is 5.67. The summed E-state index contributed by atoms with van der Waals surface area (Å²) < 4.78 is 13.0. The first-order valence-electron chi connectivity index (χ1n) is 4.48. The molecular formula is C11H13FO2. The largest absolute Gasteiger partial charge is 0.481 e. The zero-order chi connectivity index (χ0) is 10.7. The monoisotopic (exact) mass is 196 g/mol. The molecule has 0 saturated carbocycles. The Bertz CT molecular complexity index is 359. The minimum Gasteiger partial charge on any atom is -0.481 e. The van der Waals surface area contributed by atoms with Crippen molar-refractivity contribution in [2.24, 2.45) is 0 Å². The normalized spacial score (nSPS) is 10.2. The van der Waals surface area contributed by atoms with E-state index in [1.165, 1.54) is 6.07 Å². The van der Waals surface area contributed by atoms with E-state index in [0.29, 0.717) is 12.0 Å². The van der Waals surface area contributed by atoms with Crippen molar-refractivity contribution in [3.8, 4) is 0 Å². The lowest BCUT2D eigenvalue weighted by Crippen LogP contribution is -2.00. The first kappa shape index (κ1) is 10.7. The van der Waals surface area contributed by atoms with Crippen LogP contribution in [-0.2, 0) is 11.2 Å². The summed E-state index contributed by atoms with van der Waals surface area (Å²) in [4.78, 5) is 10.4. The summed E-state index contributed by atoms with van der Waals surface area (Å²) in [6.45, 7) is 3.47. The quantitative estimate of drug-likeness (QED) is 0.806. The van der Waals surface area contributed by atoms with E-state index in [9.17, 15) is 9.18 Å². The molecule has 2 nitrogen and oxygen atoms in total. The fourth-order valence-electron chi connectivity index (χ4n) is 1.35. The van der Waals surface area contributed by atoms with E-state index in [-0.39, 0.29) is 12.2 Å². The van der Waals surface area contributed by atoms with Gasteiger partial charge in [-0.3, -0.25) is 4.79 Å². The molecule has 14 heavy (non-hydrogen) atoms. The van der Waals surface area contributed by atoms with Crippen LogP contribution in [0.3, 0.4) is 0 Å². The van der Waals surface area contributed by atoms with E-state index in [1.54, 1.807) is 19.9 Å². The zero-order valence-electron chi connectivity index (χ0n) is 8.30. The smallest absolute Gasteiger partial charge is 0.303 e. The number of hydrogen-bond acceptors (Lipinski definition) is 1. The summed E-state index contributed by atoms with van der Waals surface area (Å²) in [5.41, 5.74) is 2.29. The molecule has 1 aromatic rings. The van der Waals surface area contributed by atoms with Crippen molar-refractivity contribution in [2.75, 3.05) is 0 Å². The van der Waals surface area contributed by atoms with Gasteiger partial charge in [0.25, 0.3) is 0 Å². The Morgan fingerprint density at radius 1 is 1.36 bits per heavy atom. The van der Waals surface area contributed by atoms with Gasteiger partial charge in [0.2, 0.25) is 0 Å². The Kier molecular flexibility index (Phi) is 3.23. The molecule has 76 valence electrons. The molecule has 0 aliphatic rings. The van der Waals surface area contributed by atoms with Gasteiger partial charge < -0.3 is 5.11 Å². The molecule has 3 heteroatoms. The fourth-order valence-corrected chi connectivity index (χ4v) is 1.35. The van der Waals surface area contributed by atoms with Gasteiger partial charge in [-0.15, -0.1) is 0 Å². The molecule has 0 saturated heterocycles. The van der Waals surface area contributed by atoms with Gasteiger partial charge in [-0.25, -0.2) is 4.39 Å². The van der Waals surface area contributed by atoms with Crippen molar-refractivity contribution < 1.29 is 14.3 Å². The van der Waals surface area contributed by atoms with Crippen LogP contribution in [-0.4, -0.2) is 11.1 Å². The second-order valence-electron chi connectivity index (χ2n) is 3.42. The van der Waals surface area contributed by atoms with Crippen LogP contribution in [0.5, 0.6) is 0 Å². The molecule has 0 bridgehead atoms. The summed E-state index contributed by atoms with van der Waals surface area (Å²) in [6.07, 6.45) is 0.550. The summed E-state index contributed by atoms with van der Waals surface area (Å²) in [5, 5.41) is 8.52. The van der Waals surface area contributed by atoms with Crippen molar-refractivity contribution in [1.82, 2.24) is 0 Å². The highest BCUT2D eigenvalue weighted by Gasteiger charge is 2.05. The van der Waals surface area contributed by atoms with Gasteiger partial charge in [0.1, 0.15) is 5.82 Å². The molecule has 0 unspecified atom stereocenters. The predicted octanol–water partition coefficient (Wildman–Crippen LogP) is 2.46. The first-order chi connectivity index (χ1) is 6.50. The molecule has 0 fully saturated rings. The van der Waals surface area contributed by atoms with Gasteiger partial charge in [0.15, 0.2) is 0 Å². The van der Waals surface area contributed by atoms with Crippen LogP contribution >= 0.6 is 0 Å². The number of halogens is 1. The lowest BCUT2D eigenvalue weighted by atomic mass is 10.0. The summed E-state index contributed by atoms with van der Waals surface area (Å²) >= 11 is 0. The minimum atomic E-state index is -0.827. The summed E-state index contributed by atoms with van der Waals surface area (Å²) in [5.74, 6) is -1.06. The van der Waals surface area contributed by atoms with Crippen molar-refractivity contribution in [3.05, 3.63) is 34.6 Å². The van der Waals surface area contributed by atoms with Gasteiger partial charge in [-0.2, -0.15) is 0 Å². The second kappa shape index (κ2) is 4.22. The SMILES string of the molecule is Cc1cc(CCC(=O)O)c(C)cc1F. The van der Waals surface area contributed by atoms with Crippen LogP contribution in [0.4, 0.5) is 4.39 Å². The number of carboxylic acid groups (broad SMARTS) is 1. The van der Waals surface area contributed by atoms with Gasteiger partial charge in [-0.1, -0.05) is 6.07 Å². The Hall–Kier alpha value is -1.38. The van der Waals surface area contributed by atoms with E-state index in [2.05, 4.69) is 0 Å². The Morgan fingerprint density at radius 3 is 2.57 bits per heavy atom. The van der Waals surface area contributed by atoms with Gasteiger partial charge in [0.05, 0.1) is 0 Å². The van der Waals surface area contributed by atoms with Crippen molar-refractivity contribution in [2.45, 2.75) is 26.7 Å². The third kappa shape index (κ3) is 2.55. The number of rotatable bonds is 3. The third-order valence-electron chi connectivity index (χ3n) is 2.23. The summed E-state index contributed by atoms with van der Waals surface area (Å²) in [7, 11) is 0.